The van der Waals surface area contributed by atoms with E-state index in [2.05, 4.69) is 6.07 Å². The molecular weight excluding hydrogens is 213 g/mol. The third kappa shape index (κ3) is 2.20. The Morgan fingerprint density at radius 3 is 2.94 bits per heavy atom. The van der Waals surface area contributed by atoms with Crippen LogP contribution in [-0.2, 0) is 11.3 Å². The first-order chi connectivity index (χ1) is 7.48. The number of nitrogens with zero attached hydrogens (tertiary/aromatic N) is 1. The van der Waals surface area contributed by atoms with Crippen LogP contribution in [0, 0.1) is 23.0 Å². The molecule has 1 heterocycles. The van der Waals surface area contributed by atoms with E-state index in [0.717, 1.165) is 0 Å². The summed E-state index contributed by atoms with van der Waals surface area (Å²) in [5.41, 5.74) is 0.579. The third-order valence-electron chi connectivity index (χ3n) is 2.76. The molecule has 1 saturated heterocycles. The van der Waals surface area contributed by atoms with Gasteiger partial charge in [0, 0.05) is 11.6 Å². The van der Waals surface area contributed by atoms with E-state index in [-0.39, 0.29) is 19.6 Å². The molecule has 5 heteroatoms. The van der Waals surface area contributed by atoms with Crippen molar-refractivity contribution in [3.8, 4) is 0 Å². The zero-order valence-corrected chi connectivity index (χ0v) is 8.52. The van der Waals surface area contributed by atoms with Crippen molar-refractivity contribution >= 4 is 5.97 Å². The van der Waals surface area contributed by atoms with E-state index in [1.54, 1.807) is 6.07 Å². The number of hydroxylamine groups is 3. The molecule has 4 nitrogen and oxygen atoms in total. The highest BCUT2D eigenvalue weighted by Crippen LogP contribution is 2.27. The van der Waals surface area contributed by atoms with Gasteiger partial charge in [-0.2, -0.15) is 0 Å². The molecule has 0 unspecified atom stereocenters. The number of likely N-dealkylation sites (tertiary alicyclic amines) is 1. The molecule has 0 aromatic heterocycles. The number of carboxylic acids is 1. The van der Waals surface area contributed by atoms with E-state index in [4.69, 9.17) is 5.11 Å². The molecular formula is C11H11FNO3. The fraction of sp³-hybridized carbons (Fsp3) is 0.364. The second-order valence-corrected chi connectivity index (χ2v) is 4.16. The van der Waals surface area contributed by atoms with Crippen molar-refractivity contribution in [1.82, 2.24) is 0 Å². The topological polar surface area (TPSA) is 60.4 Å². The van der Waals surface area contributed by atoms with Gasteiger partial charge < -0.3 is 15.0 Å². The van der Waals surface area contributed by atoms with Gasteiger partial charge in [-0.3, -0.25) is 4.79 Å². The molecule has 0 aliphatic carbocycles. The summed E-state index contributed by atoms with van der Waals surface area (Å²) in [5.74, 6) is -1.99. The summed E-state index contributed by atoms with van der Waals surface area (Å²) in [6, 6.07) is 6.65. The number of hydrogen-bond donors (Lipinski definition) is 1. The summed E-state index contributed by atoms with van der Waals surface area (Å²) in [5, 5.41) is 20.6. The van der Waals surface area contributed by atoms with Gasteiger partial charge in [-0.1, -0.05) is 12.1 Å². The van der Waals surface area contributed by atoms with E-state index >= 15 is 0 Å². The number of hydrogen-bond acceptors (Lipinski definition) is 2. The van der Waals surface area contributed by atoms with E-state index in [1.165, 1.54) is 12.1 Å². The monoisotopic (exact) mass is 224 g/mol. The highest BCUT2D eigenvalue weighted by molar-refractivity contribution is 5.70. The quantitative estimate of drug-likeness (QED) is 0.619. The van der Waals surface area contributed by atoms with Gasteiger partial charge in [0.05, 0.1) is 13.1 Å². The number of benzene rings is 1. The summed E-state index contributed by atoms with van der Waals surface area (Å²) in [7, 11) is 0. The Labute approximate surface area is 92.1 Å². The first-order valence-corrected chi connectivity index (χ1v) is 4.94. The van der Waals surface area contributed by atoms with Gasteiger partial charge in [0.1, 0.15) is 12.4 Å². The van der Waals surface area contributed by atoms with Crippen LogP contribution in [-0.4, -0.2) is 28.8 Å². The molecule has 0 saturated carbocycles. The normalized spacial score (nSPS) is 28.5. The molecule has 1 radical (unpaired) electrons. The number of carboxylic acid groups (broad SMARTS) is 1. The van der Waals surface area contributed by atoms with Gasteiger partial charge in [0.25, 0.3) is 0 Å². The lowest BCUT2D eigenvalue weighted by Gasteiger charge is -2.52. The van der Waals surface area contributed by atoms with Crippen molar-refractivity contribution in [2.45, 2.75) is 6.54 Å². The van der Waals surface area contributed by atoms with Crippen LogP contribution in [0.3, 0.4) is 0 Å². The van der Waals surface area contributed by atoms with Crippen molar-refractivity contribution in [2.75, 3.05) is 13.1 Å². The second-order valence-electron chi connectivity index (χ2n) is 4.16. The van der Waals surface area contributed by atoms with Crippen LogP contribution in [0.2, 0.25) is 0 Å². The molecule has 1 fully saturated rings. The van der Waals surface area contributed by atoms with Crippen LogP contribution in [0.5, 0.6) is 0 Å². The zero-order valence-electron chi connectivity index (χ0n) is 8.52. The van der Waals surface area contributed by atoms with Gasteiger partial charge in [-0.15, -0.1) is 0 Å². The van der Waals surface area contributed by atoms with Crippen LogP contribution < -0.4 is 0 Å². The van der Waals surface area contributed by atoms with E-state index < -0.39 is 22.4 Å². The molecule has 1 aromatic carbocycles. The summed E-state index contributed by atoms with van der Waals surface area (Å²) in [6.45, 7) is 0.250. The number of carbonyl (C=O) groups is 1. The highest BCUT2D eigenvalue weighted by Gasteiger charge is 2.42. The Bertz CT molecular complexity index is 415. The number of rotatable bonds is 3. The van der Waals surface area contributed by atoms with Crippen LogP contribution in [0.1, 0.15) is 5.56 Å². The average molecular weight is 224 g/mol. The zero-order chi connectivity index (χ0) is 11.8. The van der Waals surface area contributed by atoms with E-state index in [0.29, 0.717) is 5.56 Å². The lowest BCUT2D eigenvalue weighted by atomic mass is 9.98. The minimum absolute atomic E-state index is 0.0650. The smallest absolute Gasteiger partial charge is 0.318 e. The Morgan fingerprint density at radius 1 is 1.69 bits per heavy atom. The summed E-state index contributed by atoms with van der Waals surface area (Å²) >= 11 is 0. The lowest BCUT2D eigenvalue weighted by Crippen LogP contribution is -2.61. The first-order valence-electron chi connectivity index (χ1n) is 4.94. The van der Waals surface area contributed by atoms with Crippen molar-refractivity contribution in [3.63, 3.8) is 0 Å². The molecule has 1 aliphatic heterocycles. The van der Waals surface area contributed by atoms with Gasteiger partial charge in [-0.05, 0) is 6.07 Å². The Kier molecular flexibility index (Phi) is 2.65. The summed E-state index contributed by atoms with van der Waals surface area (Å²) in [4.78, 5) is 10.6. The largest absolute Gasteiger partial charge is 0.633 e. The number of aliphatic carboxylic acids is 1. The van der Waals surface area contributed by atoms with Crippen molar-refractivity contribution < 1.29 is 18.9 Å². The average Bonchev–Trinajstić information content (AvgIpc) is 2.13. The van der Waals surface area contributed by atoms with Crippen molar-refractivity contribution in [3.05, 3.63) is 40.9 Å². The highest BCUT2D eigenvalue weighted by atomic mass is 19.1. The third-order valence-corrected chi connectivity index (χ3v) is 2.76. The van der Waals surface area contributed by atoms with E-state index in [1.807, 2.05) is 0 Å². The van der Waals surface area contributed by atoms with Crippen molar-refractivity contribution in [2.24, 2.45) is 5.92 Å². The van der Waals surface area contributed by atoms with Gasteiger partial charge >= 0.3 is 5.97 Å². The second kappa shape index (κ2) is 3.84. The maximum absolute atomic E-state index is 12.8. The van der Waals surface area contributed by atoms with Crippen LogP contribution in [0.15, 0.2) is 18.2 Å². The van der Waals surface area contributed by atoms with E-state index in [9.17, 15) is 14.4 Å². The Hall–Kier alpha value is -1.46. The fourth-order valence-electron chi connectivity index (χ4n) is 1.95. The maximum atomic E-state index is 12.8. The molecule has 0 spiro atoms. The molecule has 16 heavy (non-hydrogen) atoms. The first kappa shape index (κ1) is 11.0. The van der Waals surface area contributed by atoms with Crippen LogP contribution in [0.25, 0.3) is 0 Å². The molecule has 0 bridgehead atoms. The fourth-order valence-corrected chi connectivity index (χ4v) is 1.95. The summed E-state index contributed by atoms with van der Waals surface area (Å²) < 4.78 is 12.2. The lowest BCUT2D eigenvalue weighted by molar-refractivity contribution is -0.938. The summed E-state index contributed by atoms with van der Waals surface area (Å²) in [6.07, 6.45) is 0. The van der Waals surface area contributed by atoms with Crippen LogP contribution in [0.4, 0.5) is 4.39 Å². The van der Waals surface area contributed by atoms with Crippen molar-refractivity contribution in [1.29, 1.82) is 0 Å². The molecule has 1 N–H and O–H groups in total. The van der Waals surface area contributed by atoms with Gasteiger partial charge in [0.15, 0.2) is 5.92 Å². The van der Waals surface area contributed by atoms with Gasteiger partial charge in [-0.25, -0.2) is 4.39 Å². The standard InChI is InChI=1S/C11H11FNO3/c12-10-3-1-2-8(4-10)5-13(16)6-9(7-13)11(14)15/h1-2,4,9H,5-7H2,(H,14,15). The maximum Gasteiger partial charge on any atom is 0.318 e. The molecule has 1 aliphatic rings. The van der Waals surface area contributed by atoms with Crippen LogP contribution >= 0.6 is 0 Å². The Morgan fingerprint density at radius 2 is 2.38 bits per heavy atom. The minimum Gasteiger partial charge on any atom is -0.633 e. The SMILES string of the molecule is O=C(O)C1C[N+]([O-])(Cc2cc[c]c(F)c2)C1. The molecule has 0 amide bonds. The predicted molar refractivity (Wildman–Crippen MR) is 53.4 cm³/mol. The molecule has 0 atom stereocenters. The number of halogens is 1. The molecule has 85 valence electrons. The van der Waals surface area contributed by atoms with Gasteiger partial charge in [0.2, 0.25) is 0 Å². The predicted octanol–water partition coefficient (Wildman–Crippen LogP) is 1.15. The minimum atomic E-state index is -0.933. The Balaban J connectivity index is 1.99. The molecule has 1 aromatic rings. The molecule has 2 rings (SSSR count). The number of quaternary nitrogens is 1.